The van der Waals surface area contributed by atoms with Gasteiger partial charge in [0.1, 0.15) is 5.75 Å². The summed E-state index contributed by atoms with van der Waals surface area (Å²) in [6, 6.07) is 2.82. The van der Waals surface area contributed by atoms with Gasteiger partial charge in [-0.15, -0.1) is 0 Å². The van der Waals surface area contributed by atoms with Gasteiger partial charge >= 0.3 is 5.97 Å². The van der Waals surface area contributed by atoms with Crippen LogP contribution in [0.5, 0.6) is 5.75 Å². The average Bonchev–Trinajstić information content (AvgIpc) is 2.16. The van der Waals surface area contributed by atoms with Gasteiger partial charge in [0, 0.05) is 4.47 Å². The molecule has 74 valence electrons. The highest BCUT2D eigenvalue weighted by atomic mass is 79.9. The number of rotatable bonds is 3. The molecule has 4 nitrogen and oxygen atoms in total. The second-order valence-corrected chi connectivity index (χ2v) is 3.26. The summed E-state index contributed by atoms with van der Waals surface area (Å²) in [5.41, 5.74) is 0.236. The normalized spacial score (nSPS) is 9.57. The first-order chi connectivity index (χ1) is 6.61. The number of carboxylic acid groups (broad SMARTS) is 1. The van der Waals surface area contributed by atoms with Crippen LogP contribution in [0.4, 0.5) is 0 Å². The molecule has 0 unspecified atom stereocenters. The lowest BCUT2D eigenvalue weighted by atomic mass is 10.1. The largest absolute Gasteiger partial charge is 0.496 e. The van der Waals surface area contributed by atoms with E-state index in [-0.39, 0.29) is 15.6 Å². The van der Waals surface area contributed by atoms with Gasteiger partial charge in [0.05, 0.1) is 18.2 Å². The van der Waals surface area contributed by atoms with Crippen LogP contribution in [0, 0.1) is 0 Å². The molecule has 0 saturated carbocycles. The molecule has 0 saturated heterocycles. The fourth-order valence-corrected chi connectivity index (χ4v) is 1.62. The lowest BCUT2D eigenvalue weighted by molar-refractivity contribution is 0.0696. The molecule has 0 aliphatic carbocycles. The van der Waals surface area contributed by atoms with Crippen LogP contribution >= 0.6 is 15.9 Å². The van der Waals surface area contributed by atoms with E-state index < -0.39 is 5.97 Å². The summed E-state index contributed by atoms with van der Waals surface area (Å²) in [7, 11) is 1.41. The van der Waals surface area contributed by atoms with E-state index in [9.17, 15) is 9.59 Å². The van der Waals surface area contributed by atoms with Gasteiger partial charge in [-0.2, -0.15) is 0 Å². The van der Waals surface area contributed by atoms with Crippen molar-refractivity contribution < 1.29 is 19.4 Å². The van der Waals surface area contributed by atoms with E-state index in [0.717, 1.165) is 0 Å². The Morgan fingerprint density at radius 2 is 2.21 bits per heavy atom. The molecule has 0 aliphatic heterocycles. The Kier molecular flexibility index (Phi) is 3.24. The van der Waals surface area contributed by atoms with Crippen molar-refractivity contribution in [1.29, 1.82) is 0 Å². The van der Waals surface area contributed by atoms with Gasteiger partial charge in [-0.1, -0.05) is 0 Å². The highest BCUT2D eigenvalue weighted by Crippen LogP contribution is 2.28. The molecule has 0 radical (unpaired) electrons. The zero-order chi connectivity index (χ0) is 10.7. The van der Waals surface area contributed by atoms with Crippen LogP contribution in [0.15, 0.2) is 16.6 Å². The summed E-state index contributed by atoms with van der Waals surface area (Å²) in [6.45, 7) is 0. The first-order valence-electron chi connectivity index (χ1n) is 3.66. The molecule has 0 bridgehead atoms. The van der Waals surface area contributed by atoms with Crippen LogP contribution in [0.2, 0.25) is 0 Å². The molecular weight excluding hydrogens is 252 g/mol. The maximum absolute atomic E-state index is 10.7. The number of methoxy groups -OCH3 is 1. The molecule has 14 heavy (non-hydrogen) atoms. The van der Waals surface area contributed by atoms with E-state index in [1.54, 1.807) is 0 Å². The van der Waals surface area contributed by atoms with Crippen LogP contribution < -0.4 is 4.74 Å². The first kappa shape index (κ1) is 10.7. The van der Waals surface area contributed by atoms with Gasteiger partial charge < -0.3 is 9.84 Å². The van der Waals surface area contributed by atoms with E-state index in [4.69, 9.17) is 9.84 Å². The topological polar surface area (TPSA) is 63.6 Å². The van der Waals surface area contributed by atoms with Crippen LogP contribution in [0.1, 0.15) is 20.7 Å². The van der Waals surface area contributed by atoms with Crippen LogP contribution in [-0.2, 0) is 0 Å². The Morgan fingerprint density at radius 3 is 2.64 bits per heavy atom. The molecule has 0 aromatic heterocycles. The SMILES string of the molecule is COc1ccc(C(=O)O)c(Br)c1C=O. The highest BCUT2D eigenvalue weighted by molar-refractivity contribution is 9.10. The molecule has 0 fully saturated rings. The number of aromatic carboxylic acids is 1. The van der Waals surface area contributed by atoms with Crippen molar-refractivity contribution in [2.75, 3.05) is 7.11 Å². The Hall–Kier alpha value is -1.36. The Bertz CT molecular complexity index is 387. The molecule has 0 atom stereocenters. The van der Waals surface area contributed by atoms with Crippen molar-refractivity contribution in [3.05, 3.63) is 27.7 Å². The minimum Gasteiger partial charge on any atom is -0.496 e. The van der Waals surface area contributed by atoms with Gasteiger partial charge in [-0.05, 0) is 28.1 Å². The number of ether oxygens (including phenoxy) is 1. The molecule has 0 spiro atoms. The lowest BCUT2D eigenvalue weighted by Gasteiger charge is -2.07. The van der Waals surface area contributed by atoms with Crippen molar-refractivity contribution >= 4 is 28.2 Å². The summed E-state index contributed by atoms with van der Waals surface area (Å²) in [5.74, 6) is -0.750. The van der Waals surface area contributed by atoms with Gasteiger partial charge in [0.15, 0.2) is 6.29 Å². The van der Waals surface area contributed by atoms with Gasteiger partial charge in [0.2, 0.25) is 0 Å². The van der Waals surface area contributed by atoms with Crippen molar-refractivity contribution in [1.82, 2.24) is 0 Å². The molecule has 5 heteroatoms. The quantitative estimate of drug-likeness (QED) is 0.843. The van der Waals surface area contributed by atoms with Crippen molar-refractivity contribution in [3.63, 3.8) is 0 Å². The molecule has 0 amide bonds. The number of carbonyl (C=O) groups is 2. The zero-order valence-corrected chi connectivity index (χ0v) is 8.87. The smallest absolute Gasteiger partial charge is 0.336 e. The average molecular weight is 259 g/mol. The number of carboxylic acids is 1. The van der Waals surface area contributed by atoms with Crippen molar-refractivity contribution in [2.45, 2.75) is 0 Å². The fourth-order valence-electron chi connectivity index (χ4n) is 1.03. The predicted octanol–water partition coefficient (Wildman–Crippen LogP) is 1.97. The first-order valence-corrected chi connectivity index (χ1v) is 4.46. The van der Waals surface area contributed by atoms with Crippen molar-refractivity contribution in [3.8, 4) is 5.75 Å². The predicted molar refractivity (Wildman–Crippen MR) is 53.0 cm³/mol. The number of benzene rings is 1. The van der Waals surface area contributed by atoms with E-state index in [1.807, 2.05) is 0 Å². The Balaban J connectivity index is 3.42. The zero-order valence-electron chi connectivity index (χ0n) is 7.28. The molecular formula is C9H7BrO4. The summed E-state index contributed by atoms with van der Waals surface area (Å²) in [6.07, 6.45) is 0.551. The maximum atomic E-state index is 10.7. The van der Waals surface area contributed by atoms with Crippen LogP contribution in [0.3, 0.4) is 0 Å². The molecule has 1 aromatic carbocycles. The third-order valence-electron chi connectivity index (χ3n) is 1.71. The third-order valence-corrected chi connectivity index (χ3v) is 2.56. The minimum absolute atomic E-state index is 0.0351. The Labute approximate surface area is 88.6 Å². The van der Waals surface area contributed by atoms with Gasteiger partial charge in [-0.3, -0.25) is 4.79 Å². The third kappa shape index (κ3) is 1.77. The fraction of sp³-hybridized carbons (Fsp3) is 0.111. The highest BCUT2D eigenvalue weighted by Gasteiger charge is 2.15. The molecule has 0 aliphatic rings. The standard InChI is InChI=1S/C9H7BrO4/c1-14-7-3-2-5(9(12)13)8(10)6(7)4-11/h2-4H,1H3,(H,12,13). The number of carbonyl (C=O) groups excluding carboxylic acids is 1. The summed E-state index contributed by atoms with van der Waals surface area (Å²) < 4.78 is 5.13. The maximum Gasteiger partial charge on any atom is 0.336 e. The Morgan fingerprint density at radius 1 is 1.57 bits per heavy atom. The summed E-state index contributed by atoms with van der Waals surface area (Å²) in [5, 5.41) is 8.76. The van der Waals surface area contributed by atoms with Crippen LogP contribution in [-0.4, -0.2) is 24.5 Å². The van der Waals surface area contributed by atoms with E-state index in [1.165, 1.54) is 19.2 Å². The van der Waals surface area contributed by atoms with Gasteiger partial charge in [-0.25, -0.2) is 4.79 Å². The summed E-state index contributed by atoms with van der Waals surface area (Å²) in [4.78, 5) is 21.4. The lowest BCUT2D eigenvalue weighted by Crippen LogP contribution is -2.01. The van der Waals surface area contributed by atoms with E-state index in [0.29, 0.717) is 12.0 Å². The number of hydrogen-bond acceptors (Lipinski definition) is 3. The molecule has 1 N–H and O–H groups in total. The summed E-state index contributed by atoms with van der Waals surface area (Å²) >= 11 is 3.04. The van der Waals surface area contributed by atoms with Crippen molar-refractivity contribution in [2.24, 2.45) is 0 Å². The second kappa shape index (κ2) is 4.23. The minimum atomic E-state index is -1.09. The molecule has 1 rings (SSSR count). The number of aldehydes is 1. The number of halogens is 1. The number of hydrogen-bond donors (Lipinski definition) is 1. The molecule has 0 heterocycles. The van der Waals surface area contributed by atoms with E-state index >= 15 is 0 Å². The molecule has 1 aromatic rings. The second-order valence-electron chi connectivity index (χ2n) is 2.47. The van der Waals surface area contributed by atoms with E-state index in [2.05, 4.69) is 15.9 Å². The van der Waals surface area contributed by atoms with Gasteiger partial charge in [0.25, 0.3) is 0 Å². The monoisotopic (exact) mass is 258 g/mol. The van der Waals surface area contributed by atoms with Crippen LogP contribution in [0.25, 0.3) is 0 Å².